The van der Waals surface area contributed by atoms with Crippen LogP contribution in [0.5, 0.6) is 0 Å². The molecule has 0 aromatic heterocycles. The molecule has 1 aromatic carbocycles. The molecule has 15 heavy (non-hydrogen) atoms. The van der Waals surface area contributed by atoms with Crippen molar-refractivity contribution in [2.24, 2.45) is 5.92 Å². The Morgan fingerprint density at radius 2 is 2.27 bits per heavy atom. The Morgan fingerprint density at radius 1 is 1.53 bits per heavy atom. The number of halogens is 2. The quantitative estimate of drug-likeness (QED) is 0.817. The fraction of sp³-hybridized carbons (Fsp3) is 0.500. The van der Waals surface area contributed by atoms with Crippen LogP contribution in [-0.4, -0.2) is 6.04 Å². The number of benzene rings is 1. The monoisotopic (exact) mass is 227 g/mol. The molecule has 3 heteroatoms. The van der Waals surface area contributed by atoms with Gasteiger partial charge in [-0.1, -0.05) is 30.5 Å². The van der Waals surface area contributed by atoms with E-state index in [4.69, 9.17) is 11.6 Å². The molecule has 2 rings (SSSR count). The fourth-order valence-electron chi connectivity index (χ4n) is 1.79. The van der Waals surface area contributed by atoms with Gasteiger partial charge in [0.1, 0.15) is 0 Å². The van der Waals surface area contributed by atoms with Gasteiger partial charge in [0.15, 0.2) is 5.82 Å². The van der Waals surface area contributed by atoms with Crippen LogP contribution in [0.15, 0.2) is 18.2 Å². The molecule has 1 aliphatic carbocycles. The van der Waals surface area contributed by atoms with Crippen molar-refractivity contribution in [3.8, 4) is 0 Å². The standard InChI is InChI=1S/C12H15ClFN/c1-8(7-9-5-6-9)15-11-4-2-3-10(13)12(11)14/h2-4,8-9,15H,5-7H2,1H3. The van der Waals surface area contributed by atoms with E-state index in [1.54, 1.807) is 18.2 Å². The van der Waals surface area contributed by atoms with E-state index in [1.807, 2.05) is 0 Å². The van der Waals surface area contributed by atoms with Crippen LogP contribution < -0.4 is 5.32 Å². The minimum absolute atomic E-state index is 0.179. The first-order valence-corrected chi connectivity index (χ1v) is 5.75. The van der Waals surface area contributed by atoms with Gasteiger partial charge >= 0.3 is 0 Å². The highest BCUT2D eigenvalue weighted by atomic mass is 35.5. The normalized spacial score (nSPS) is 17.5. The third-order valence-corrected chi connectivity index (χ3v) is 3.03. The molecule has 0 saturated heterocycles. The van der Waals surface area contributed by atoms with E-state index >= 15 is 0 Å². The van der Waals surface area contributed by atoms with Crippen LogP contribution in [0.1, 0.15) is 26.2 Å². The Bertz CT molecular complexity index is 349. The molecule has 0 amide bonds. The molecule has 0 radical (unpaired) electrons. The molecule has 0 spiro atoms. The molecule has 0 heterocycles. The maximum Gasteiger partial charge on any atom is 0.164 e. The van der Waals surface area contributed by atoms with E-state index in [-0.39, 0.29) is 10.8 Å². The van der Waals surface area contributed by atoms with E-state index in [9.17, 15) is 4.39 Å². The molecule has 0 aliphatic heterocycles. The van der Waals surface area contributed by atoms with E-state index in [0.29, 0.717) is 11.7 Å². The first-order chi connectivity index (χ1) is 7.16. The SMILES string of the molecule is CC(CC1CC1)Nc1cccc(Cl)c1F. The van der Waals surface area contributed by atoms with Crippen LogP contribution in [0.3, 0.4) is 0 Å². The predicted molar refractivity (Wildman–Crippen MR) is 61.8 cm³/mol. The van der Waals surface area contributed by atoms with Crippen molar-refractivity contribution in [3.05, 3.63) is 29.0 Å². The van der Waals surface area contributed by atoms with Crippen molar-refractivity contribution in [2.75, 3.05) is 5.32 Å². The minimum Gasteiger partial charge on any atom is -0.380 e. The van der Waals surface area contributed by atoms with Crippen molar-refractivity contribution in [2.45, 2.75) is 32.2 Å². The Labute approximate surface area is 94.6 Å². The summed E-state index contributed by atoms with van der Waals surface area (Å²) in [6.07, 6.45) is 3.76. The van der Waals surface area contributed by atoms with Crippen LogP contribution in [0.25, 0.3) is 0 Å². The molecule has 0 bridgehead atoms. The Kier molecular flexibility index (Phi) is 3.15. The summed E-state index contributed by atoms with van der Waals surface area (Å²) in [4.78, 5) is 0. The summed E-state index contributed by atoms with van der Waals surface area (Å²) in [5.74, 6) is 0.497. The third kappa shape index (κ3) is 2.85. The third-order valence-electron chi connectivity index (χ3n) is 2.74. The molecule has 1 aliphatic rings. The second-order valence-corrected chi connectivity index (χ2v) is 4.73. The summed E-state index contributed by atoms with van der Waals surface area (Å²) >= 11 is 5.70. The van der Waals surface area contributed by atoms with Crippen molar-refractivity contribution in [3.63, 3.8) is 0 Å². The Morgan fingerprint density at radius 3 is 2.93 bits per heavy atom. The summed E-state index contributed by atoms with van der Waals surface area (Å²) in [7, 11) is 0. The maximum atomic E-state index is 13.5. The second-order valence-electron chi connectivity index (χ2n) is 4.33. The molecular formula is C12H15ClFN. The molecular weight excluding hydrogens is 213 g/mol. The van der Waals surface area contributed by atoms with Crippen LogP contribution in [0.2, 0.25) is 5.02 Å². The predicted octanol–water partition coefficient (Wildman–Crippen LogP) is 4.08. The van der Waals surface area contributed by atoms with Crippen molar-refractivity contribution >= 4 is 17.3 Å². The van der Waals surface area contributed by atoms with Gasteiger partial charge in [0.05, 0.1) is 10.7 Å². The van der Waals surface area contributed by atoms with Gasteiger partial charge in [-0.15, -0.1) is 0 Å². The lowest BCUT2D eigenvalue weighted by Gasteiger charge is -2.15. The van der Waals surface area contributed by atoms with Gasteiger partial charge in [-0.05, 0) is 31.4 Å². The second kappa shape index (κ2) is 4.40. The van der Waals surface area contributed by atoms with E-state index in [0.717, 1.165) is 12.3 Å². The molecule has 1 aromatic rings. The molecule has 1 saturated carbocycles. The van der Waals surface area contributed by atoms with E-state index in [1.165, 1.54) is 12.8 Å². The summed E-state index contributed by atoms with van der Waals surface area (Å²) in [5.41, 5.74) is 0.510. The number of anilines is 1. The summed E-state index contributed by atoms with van der Waals surface area (Å²) < 4.78 is 13.5. The first-order valence-electron chi connectivity index (χ1n) is 5.37. The van der Waals surface area contributed by atoms with Gasteiger partial charge < -0.3 is 5.32 Å². The van der Waals surface area contributed by atoms with Crippen LogP contribution >= 0.6 is 11.6 Å². The summed E-state index contributed by atoms with van der Waals surface area (Å²) in [5, 5.41) is 3.34. The molecule has 1 N–H and O–H groups in total. The minimum atomic E-state index is -0.346. The van der Waals surface area contributed by atoms with Crippen molar-refractivity contribution in [1.29, 1.82) is 0 Å². The highest BCUT2D eigenvalue weighted by Crippen LogP contribution is 2.34. The molecule has 1 atom stereocenters. The molecule has 1 nitrogen and oxygen atoms in total. The lowest BCUT2D eigenvalue weighted by Crippen LogP contribution is -2.16. The first kappa shape index (κ1) is 10.7. The molecule has 82 valence electrons. The van der Waals surface area contributed by atoms with Gasteiger partial charge in [-0.25, -0.2) is 4.39 Å². The van der Waals surface area contributed by atoms with E-state index in [2.05, 4.69) is 12.2 Å². The van der Waals surface area contributed by atoms with E-state index < -0.39 is 0 Å². The topological polar surface area (TPSA) is 12.0 Å². The lowest BCUT2D eigenvalue weighted by molar-refractivity contribution is 0.610. The van der Waals surface area contributed by atoms with Gasteiger partial charge in [0.2, 0.25) is 0 Å². The zero-order valence-corrected chi connectivity index (χ0v) is 9.52. The van der Waals surface area contributed by atoms with Crippen molar-refractivity contribution < 1.29 is 4.39 Å². The number of nitrogens with one attached hydrogen (secondary N) is 1. The fourth-order valence-corrected chi connectivity index (χ4v) is 1.97. The number of rotatable bonds is 4. The maximum absolute atomic E-state index is 13.5. The zero-order chi connectivity index (χ0) is 10.8. The largest absolute Gasteiger partial charge is 0.380 e. The molecule has 1 fully saturated rings. The zero-order valence-electron chi connectivity index (χ0n) is 8.76. The average Bonchev–Trinajstić information content (AvgIpc) is 2.97. The highest BCUT2D eigenvalue weighted by Gasteiger charge is 2.23. The number of hydrogen-bond acceptors (Lipinski definition) is 1. The van der Waals surface area contributed by atoms with Gasteiger partial charge in [-0.3, -0.25) is 0 Å². The highest BCUT2D eigenvalue weighted by molar-refractivity contribution is 6.31. The van der Waals surface area contributed by atoms with Crippen molar-refractivity contribution in [1.82, 2.24) is 0 Å². The van der Waals surface area contributed by atoms with Gasteiger partial charge in [0.25, 0.3) is 0 Å². The Balaban J connectivity index is 1.99. The smallest absolute Gasteiger partial charge is 0.164 e. The van der Waals surface area contributed by atoms with Crippen LogP contribution in [0.4, 0.5) is 10.1 Å². The summed E-state index contributed by atoms with van der Waals surface area (Å²) in [6, 6.07) is 5.36. The van der Waals surface area contributed by atoms with Crippen LogP contribution in [-0.2, 0) is 0 Å². The van der Waals surface area contributed by atoms with Crippen LogP contribution in [0, 0.1) is 11.7 Å². The van der Waals surface area contributed by atoms with Gasteiger partial charge in [-0.2, -0.15) is 0 Å². The molecule has 1 unspecified atom stereocenters. The summed E-state index contributed by atoms with van der Waals surface area (Å²) in [6.45, 7) is 2.08. The van der Waals surface area contributed by atoms with Gasteiger partial charge in [0, 0.05) is 6.04 Å². The average molecular weight is 228 g/mol. The lowest BCUT2D eigenvalue weighted by atomic mass is 10.1. The Hall–Kier alpha value is -0.760. The number of hydrogen-bond donors (Lipinski definition) is 1.